The molecule has 45 heavy (non-hydrogen) atoms. The highest BCUT2D eigenvalue weighted by molar-refractivity contribution is 7.88. The summed E-state index contributed by atoms with van der Waals surface area (Å²) < 4.78 is 27.5. The van der Waals surface area contributed by atoms with Gasteiger partial charge < -0.3 is 10.0 Å². The van der Waals surface area contributed by atoms with E-state index >= 15 is 0 Å². The highest BCUT2D eigenvalue weighted by Gasteiger charge is 2.49. The summed E-state index contributed by atoms with van der Waals surface area (Å²) in [6.45, 7) is -0.0362. The van der Waals surface area contributed by atoms with Crippen LogP contribution >= 0.6 is 23.2 Å². The lowest BCUT2D eigenvalue weighted by molar-refractivity contribution is -0.138. The van der Waals surface area contributed by atoms with Gasteiger partial charge in [0.2, 0.25) is 10.0 Å². The molecule has 1 aliphatic heterocycles. The number of hydroxylamine groups is 1. The third-order valence-corrected chi connectivity index (χ3v) is 9.44. The quantitative estimate of drug-likeness (QED) is 0.257. The van der Waals surface area contributed by atoms with Gasteiger partial charge in [-0.3, -0.25) is 19.2 Å². The Morgan fingerprint density at radius 3 is 2.44 bits per heavy atom. The van der Waals surface area contributed by atoms with Crippen molar-refractivity contribution >= 4 is 51.0 Å². The van der Waals surface area contributed by atoms with E-state index in [-0.39, 0.29) is 24.0 Å². The van der Waals surface area contributed by atoms with Gasteiger partial charge in [0.1, 0.15) is 0 Å². The second-order valence-corrected chi connectivity index (χ2v) is 14.0. The molecule has 3 aromatic carbocycles. The van der Waals surface area contributed by atoms with E-state index in [9.17, 15) is 22.8 Å². The molecule has 1 saturated carbocycles. The van der Waals surface area contributed by atoms with Crippen LogP contribution in [-0.2, 0) is 37.5 Å². The number of nitrogens with zero attached hydrogens (tertiary/aromatic N) is 1. The van der Waals surface area contributed by atoms with Crippen LogP contribution in [0, 0.1) is 0 Å². The lowest BCUT2D eigenvalue weighted by atomic mass is 9.76. The third-order valence-electron chi connectivity index (χ3n) is 8.15. The van der Waals surface area contributed by atoms with Crippen LogP contribution in [0.2, 0.25) is 10.0 Å². The Labute approximate surface area is 271 Å². The summed E-state index contributed by atoms with van der Waals surface area (Å²) in [5.41, 5.74) is 5.07. The zero-order chi connectivity index (χ0) is 32.3. The second kappa shape index (κ2) is 13.9. The van der Waals surface area contributed by atoms with Gasteiger partial charge in [-0.25, -0.2) is 18.6 Å². The van der Waals surface area contributed by atoms with Crippen LogP contribution in [0.5, 0.6) is 0 Å². The predicted octanol–water partition coefficient (Wildman–Crippen LogP) is 5.01. The Hall–Kier alpha value is -3.48. The minimum Gasteiger partial charge on any atom is -0.481 e. The van der Waals surface area contributed by atoms with E-state index in [4.69, 9.17) is 33.1 Å². The van der Waals surface area contributed by atoms with E-state index in [0.717, 1.165) is 19.1 Å². The molecule has 0 saturated heterocycles. The molecular weight excluding hydrogens is 641 g/mol. The number of nitrogens with one attached hydrogen (secondary N) is 2. The topological polar surface area (TPSA) is 142 Å². The average molecular weight is 675 g/mol. The highest BCUT2D eigenvalue weighted by Crippen LogP contribution is 2.47. The fraction of sp³-hybridized carbons (Fsp3) is 0.344. The first-order chi connectivity index (χ1) is 21.4. The number of amides is 2. The number of halogens is 2. The fourth-order valence-electron chi connectivity index (χ4n) is 6.39. The maximum absolute atomic E-state index is 14.3. The maximum atomic E-state index is 14.3. The smallest absolute Gasteiger partial charge is 0.307 e. The second-order valence-electron chi connectivity index (χ2n) is 11.4. The molecule has 10 nitrogen and oxygen atoms in total. The fourth-order valence-corrected chi connectivity index (χ4v) is 7.73. The van der Waals surface area contributed by atoms with Crippen molar-refractivity contribution in [2.75, 3.05) is 6.26 Å². The normalized spacial score (nSPS) is 21.7. The molecule has 0 spiro atoms. The molecule has 0 radical (unpaired) electrons. The Bertz CT molecular complexity index is 1720. The van der Waals surface area contributed by atoms with Crippen molar-refractivity contribution in [2.24, 2.45) is 0 Å². The molecule has 2 amide bonds. The number of rotatable bonds is 10. The molecule has 2 aliphatic rings. The van der Waals surface area contributed by atoms with Gasteiger partial charge >= 0.3 is 5.97 Å². The van der Waals surface area contributed by atoms with Crippen molar-refractivity contribution in [3.63, 3.8) is 0 Å². The molecule has 1 fully saturated rings. The monoisotopic (exact) mass is 673 g/mol. The van der Waals surface area contributed by atoms with Crippen molar-refractivity contribution in [1.82, 2.24) is 15.1 Å². The molecular formula is C32H33Cl2N3O7S. The van der Waals surface area contributed by atoms with E-state index in [1.54, 1.807) is 71.6 Å². The zero-order valence-electron chi connectivity index (χ0n) is 24.4. The Kier molecular flexibility index (Phi) is 10.1. The van der Waals surface area contributed by atoms with E-state index in [0.29, 0.717) is 45.7 Å². The molecule has 238 valence electrons. The van der Waals surface area contributed by atoms with Crippen molar-refractivity contribution in [3.8, 4) is 0 Å². The molecule has 13 heteroatoms. The molecule has 1 unspecified atom stereocenters. The minimum atomic E-state index is -3.61. The number of benzene rings is 3. The number of aliphatic carboxylic acids is 1. The van der Waals surface area contributed by atoms with Gasteiger partial charge in [-0.15, -0.1) is 0 Å². The van der Waals surface area contributed by atoms with Gasteiger partial charge in [0.05, 0.1) is 31.2 Å². The van der Waals surface area contributed by atoms with Gasteiger partial charge in [0.15, 0.2) is 0 Å². The number of sulfonamides is 1. The van der Waals surface area contributed by atoms with Crippen molar-refractivity contribution in [2.45, 2.75) is 62.8 Å². The first-order valence-electron chi connectivity index (χ1n) is 14.5. The van der Waals surface area contributed by atoms with Gasteiger partial charge in [-0.1, -0.05) is 84.6 Å². The van der Waals surface area contributed by atoms with Crippen molar-refractivity contribution < 1.29 is 32.7 Å². The number of carbonyl (C=O) groups is 3. The number of hydrogen-bond donors (Lipinski definition) is 3. The van der Waals surface area contributed by atoms with E-state index in [1.165, 1.54) is 0 Å². The highest BCUT2D eigenvalue weighted by atomic mass is 35.5. The minimum absolute atomic E-state index is 0.0362. The maximum Gasteiger partial charge on any atom is 0.307 e. The molecule has 4 atom stereocenters. The number of fused-ring (bicyclic) bond motifs is 1. The van der Waals surface area contributed by atoms with Crippen LogP contribution in [0.1, 0.15) is 70.3 Å². The largest absolute Gasteiger partial charge is 0.481 e. The SMILES string of the molecule is CS(=O)(=O)N[C@H]1CCCCC1N1C(=O)c2ccccc2[C@@H](C(=O)NOCc2cccc(CC(=O)O)c2)[C@@H]1c1ccc(Cl)cc1Cl. The number of carboxylic acid groups (broad SMARTS) is 1. The summed E-state index contributed by atoms with van der Waals surface area (Å²) in [5, 5.41) is 9.75. The van der Waals surface area contributed by atoms with Crippen LogP contribution in [0.15, 0.2) is 66.7 Å². The average Bonchev–Trinajstić information content (AvgIpc) is 2.97. The number of hydrogen-bond acceptors (Lipinski definition) is 6. The van der Waals surface area contributed by atoms with E-state index in [1.807, 2.05) is 0 Å². The summed E-state index contributed by atoms with van der Waals surface area (Å²) in [7, 11) is -3.61. The zero-order valence-corrected chi connectivity index (χ0v) is 26.7. The molecule has 3 N–H and O–H groups in total. The summed E-state index contributed by atoms with van der Waals surface area (Å²) in [4.78, 5) is 46.9. The molecule has 1 aliphatic carbocycles. The number of carboxylic acids is 1. The summed E-state index contributed by atoms with van der Waals surface area (Å²) in [6.07, 6.45) is 3.51. The van der Waals surface area contributed by atoms with Gasteiger partial charge in [-0.05, 0) is 53.3 Å². The molecule has 3 aromatic rings. The standard InChI is InChI=1S/C32H33Cl2N3O7S/c1-45(42,43)36-26-11-4-5-12-27(26)37-30(24-14-13-21(33)17-25(24)34)29(22-9-2-3-10-23(22)32(37)41)31(40)35-44-18-20-8-6-7-19(15-20)16-28(38)39/h2-3,6-10,13-15,17,26-27,29-30,36H,4-5,11-12,16,18H2,1H3,(H,35,40)(H,38,39)/t26-,27?,29+,30-/m0/s1. The molecule has 0 aromatic heterocycles. The molecule has 5 rings (SSSR count). The lowest BCUT2D eigenvalue weighted by Gasteiger charge is -2.49. The lowest BCUT2D eigenvalue weighted by Crippen LogP contribution is -2.59. The molecule has 1 heterocycles. The van der Waals surface area contributed by atoms with Crippen LogP contribution in [-0.4, -0.2) is 54.5 Å². The van der Waals surface area contributed by atoms with Crippen LogP contribution in [0.4, 0.5) is 0 Å². The predicted molar refractivity (Wildman–Crippen MR) is 169 cm³/mol. The number of carbonyl (C=O) groups excluding carboxylic acids is 2. The van der Waals surface area contributed by atoms with Gasteiger partial charge in [-0.2, -0.15) is 0 Å². The third kappa shape index (κ3) is 7.67. The molecule has 0 bridgehead atoms. The first kappa shape index (κ1) is 32.9. The van der Waals surface area contributed by atoms with Crippen molar-refractivity contribution in [1.29, 1.82) is 0 Å². The van der Waals surface area contributed by atoms with Crippen molar-refractivity contribution in [3.05, 3.63) is 105 Å². The van der Waals surface area contributed by atoms with E-state index in [2.05, 4.69) is 10.2 Å². The Balaban J connectivity index is 1.54. The first-order valence-corrected chi connectivity index (χ1v) is 17.1. The summed E-state index contributed by atoms with van der Waals surface area (Å²) in [6, 6.07) is 16.5. The Morgan fingerprint density at radius 2 is 1.71 bits per heavy atom. The van der Waals surface area contributed by atoms with E-state index < -0.39 is 45.9 Å². The van der Waals surface area contributed by atoms with Gasteiger partial charge in [0.25, 0.3) is 11.8 Å². The Morgan fingerprint density at radius 1 is 0.978 bits per heavy atom. The summed E-state index contributed by atoms with van der Waals surface area (Å²) in [5.74, 6) is -2.83. The van der Waals surface area contributed by atoms with Crippen LogP contribution in [0.3, 0.4) is 0 Å². The summed E-state index contributed by atoms with van der Waals surface area (Å²) >= 11 is 13.0. The van der Waals surface area contributed by atoms with Crippen LogP contribution in [0.25, 0.3) is 0 Å². The van der Waals surface area contributed by atoms with Crippen LogP contribution < -0.4 is 10.2 Å². The van der Waals surface area contributed by atoms with Gasteiger partial charge in [0, 0.05) is 27.7 Å².